The van der Waals surface area contributed by atoms with Gasteiger partial charge in [-0.1, -0.05) is 13.8 Å². The molecule has 124 valence electrons. The first-order valence-electron chi connectivity index (χ1n) is 6.62. The Hall–Kier alpha value is -2.45. The molecule has 0 fully saturated rings. The number of hydrogen-bond donors (Lipinski definition) is 1. The highest BCUT2D eigenvalue weighted by Gasteiger charge is 2.36. The standard InChI is InChI=1S/C14H13F4N3O2/c1-6(2)12-10-7(13(23)21(20-12)5-9(19)22)3-4-8(11(10)15)14(16,17)18/h3-4,6H,5H2,1-2H3,(H2,19,22). The molecule has 9 heteroatoms. The van der Waals surface area contributed by atoms with E-state index in [0.29, 0.717) is 6.07 Å². The largest absolute Gasteiger partial charge is 0.419 e. The van der Waals surface area contributed by atoms with Crippen LogP contribution < -0.4 is 11.3 Å². The fourth-order valence-electron chi connectivity index (χ4n) is 2.25. The number of carbonyl (C=O) groups excluding carboxylic acids is 1. The maximum absolute atomic E-state index is 14.4. The molecule has 0 aliphatic rings. The number of hydrogen-bond acceptors (Lipinski definition) is 3. The summed E-state index contributed by atoms with van der Waals surface area (Å²) in [5, 5.41) is 3.05. The number of aromatic nitrogens is 2. The summed E-state index contributed by atoms with van der Waals surface area (Å²) < 4.78 is 53.7. The van der Waals surface area contributed by atoms with Gasteiger partial charge in [-0.15, -0.1) is 0 Å². The van der Waals surface area contributed by atoms with Gasteiger partial charge in [-0.05, 0) is 18.1 Å². The molecule has 0 radical (unpaired) electrons. The van der Waals surface area contributed by atoms with Crippen LogP contribution in [0.2, 0.25) is 0 Å². The molecule has 2 N–H and O–H groups in total. The van der Waals surface area contributed by atoms with Crippen LogP contribution in [0.5, 0.6) is 0 Å². The number of alkyl halides is 3. The van der Waals surface area contributed by atoms with Crippen LogP contribution in [0.4, 0.5) is 17.6 Å². The summed E-state index contributed by atoms with van der Waals surface area (Å²) in [5.41, 5.74) is 2.61. The molecule has 23 heavy (non-hydrogen) atoms. The van der Waals surface area contributed by atoms with Crippen LogP contribution in [-0.4, -0.2) is 15.7 Å². The highest BCUT2D eigenvalue weighted by molar-refractivity contribution is 5.86. The molecule has 0 spiro atoms. The van der Waals surface area contributed by atoms with Gasteiger partial charge in [0.05, 0.1) is 16.6 Å². The Morgan fingerprint density at radius 3 is 2.43 bits per heavy atom. The average Bonchev–Trinajstić information content (AvgIpc) is 2.40. The van der Waals surface area contributed by atoms with E-state index in [4.69, 9.17) is 5.73 Å². The fourth-order valence-corrected chi connectivity index (χ4v) is 2.25. The summed E-state index contributed by atoms with van der Waals surface area (Å²) in [6.07, 6.45) is -4.89. The monoisotopic (exact) mass is 331 g/mol. The van der Waals surface area contributed by atoms with Crippen LogP contribution in [0.3, 0.4) is 0 Å². The van der Waals surface area contributed by atoms with Gasteiger partial charge in [-0.3, -0.25) is 9.59 Å². The van der Waals surface area contributed by atoms with Crippen molar-refractivity contribution >= 4 is 16.7 Å². The van der Waals surface area contributed by atoms with Crippen molar-refractivity contribution in [1.82, 2.24) is 9.78 Å². The van der Waals surface area contributed by atoms with Crippen LogP contribution in [-0.2, 0) is 17.5 Å². The van der Waals surface area contributed by atoms with Crippen molar-refractivity contribution < 1.29 is 22.4 Å². The molecule has 1 amide bonds. The fraction of sp³-hybridized carbons (Fsp3) is 0.357. The molecular weight excluding hydrogens is 318 g/mol. The zero-order valence-electron chi connectivity index (χ0n) is 12.2. The maximum atomic E-state index is 14.4. The first kappa shape index (κ1) is 16.9. The third-order valence-corrected chi connectivity index (χ3v) is 3.25. The minimum absolute atomic E-state index is 0.0514. The van der Waals surface area contributed by atoms with Gasteiger partial charge >= 0.3 is 6.18 Å². The number of primary amides is 1. The van der Waals surface area contributed by atoms with E-state index >= 15 is 0 Å². The highest BCUT2D eigenvalue weighted by atomic mass is 19.4. The van der Waals surface area contributed by atoms with E-state index in [-0.39, 0.29) is 11.1 Å². The predicted octanol–water partition coefficient (Wildman–Crippen LogP) is 2.16. The second-order valence-corrected chi connectivity index (χ2v) is 5.32. The lowest BCUT2D eigenvalue weighted by molar-refractivity contribution is -0.139. The Labute approximate surface area is 127 Å². The molecule has 0 unspecified atom stereocenters. The van der Waals surface area contributed by atoms with Crippen LogP contribution in [0.25, 0.3) is 10.8 Å². The zero-order valence-corrected chi connectivity index (χ0v) is 12.2. The number of benzene rings is 1. The summed E-state index contributed by atoms with van der Waals surface area (Å²) in [5.74, 6) is -2.87. The van der Waals surface area contributed by atoms with Crippen LogP contribution in [0.15, 0.2) is 16.9 Å². The van der Waals surface area contributed by atoms with E-state index in [9.17, 15) is 27.2 Å². The van der Waals surface area contributed by atoms with E-state index in [1.54, 1.807) is 13.8 Å². The number of halogens is 4. The summed E-state index contributed by atoms with van der Waals surface area (Å²) >= 11 is 0. The topological polar surface area (TPSA) is 78.0 Å². The average molecular weight is 331 g/mol. The lowest BCUT2D eigenvalue weighted by Gasteiger charge is -2.15. The van der Waals surface area contributed by atoms with Gasteiger partial charge in [0.15, 0.2) is 0 Å². The van der Waals surface area contributed by atoms with Gasteiger partial charge < -0.3 is 5.73 Å². The first-order chi connectivity index (χ1) is 10.5. The summed E-state index contributed by atoms with van der Waals surface area (Å²) in [4.78, 5) is 23.2. The molecule has 2 rings (SSSR count). The molecule has 0 saturated carbocycles. The van der Waals surface area contributed by atoms with Gasteiger partial charge in [-0.2, -0.15) is 18.3 Å². The summed E-state index contributed by atoms with van der Waals surface area (Å²) in [6, 6.07) is 1.38. The molecule has 1 aromatic carbocycles. The second-order valence-electron chi connectivity index (χ2n) is 5.32. The van der Waals surface area contributed by atoms with Crippen molar-refractivity contribution in [3.05, 3.63) is 39.6 Å². The third-order valence-electron chi connectivity index (χ3n) is 3.25. The number of nitrogens with zero attached hydrogens (tertiary/aromatic N) is 2. The van der Waals surface area contributed by atoms with Gasteiger partial charge in [0.25, 0.3) is 5.56 Å². The van der Waals surface area contributed by atoms with Crippen molar-refractivity contribution in [2.24, 2.45) is 5.73 Å². The third kappa shape index (κ3) is 3.03. The molecule has 1 heterocycles. The van der Waals surface area contributed by atoms with Gasteiger partial charge in [0, 0.05) is 5.39 Å². The Morgan fingerprint density at radius 1 is 1.35 bits per heavy atom. The molecule has 1 aromatic heterocycles. The van der Waals surface area contributed by atoms with E-state index in [2.05, 4.69) is 5.10 Å². The predicted molar refractivity (Wildman–Crippen MR) is 74.2 cm³/mol. The van der Waals surface area contributed by atoms with Crippen LogP contribution in [0.1, 0.15) is 31.0 Å². The molecule has 5 nitrogen and oxygen atoms in total. The normalized spacial score (nSPS) is 12.1. The van der Waals surface area contributed by atoms with Crippen molar-refractivity contribution in [2.75, 3.05) is 0 Å². The first-order valence-corrected chi connectivity index (χ1v) is 6.62. The van der Waals surface area contributed by atoms with Crippen molar-refractivity contribution in [3.8, 4) is 0 Å². The van der Waals surface area contributed by atoms with Crippen molar-refractivity contribution in [3.63, 3.8) is 0 Å². The van der Waals surface area contributed by atoms with Crippen LogP contribution in [0, 0.1) is 5.82 Å². The van der Waals surface area contributed by atoms with Gasteiger partial charge in [0.1, 0.15) is 12.4 Å². The summed E-state index contributed by atoms with van der Waals surface area (Å²) in [7, 11) is 0. The zero-order chi connectivity index (χ0) is 17.5. The van der Waals surface area contributed by atoms with Crippen molar-refractivity contribution in [1.29, 1.82) is 0 Å². The molecular formula is C14H13F4N3O2. The Kier molecular flexibility index (Phi) is 4.14. The van der Waals surface area contributed by atoms with Gasteiger partial charge in [-0.25, -0.2) is 9.07 Å². The molecule has 0 atom stereocenters. The molecule has 0 saturated heterocycles. The Morgan fingerprint density at radius 2 is 1.96 bits per heavy atom. The van der Waals surface area contributed by atoms with E-state index < -0.39 is 46.9 Å². The number of fused-ring (bicyclic) bond motifs is 1. The van der Waals surface area contributed by atoms with E-state index in [0.717, 1.165) is 10.7 Å². The lowest BCUT2D eigenvalue weighted by Crippen LogP contribution is -2.31. The van der Waals surface area contributed by atoms with Crippen LogP contribution >= 0.6 is 0 Å². The Balaban J connectivity index is 2.93. The number of rotatable bonds is 3. The second kappa shape index (κ2) is 5.64. The minimum atomic E-state index is -4.89. The quantitative estimate of drug-likeness (QED) is 0.876. The maximum Gasteiger partial charge on any atom is 0.419 e. The highest BCUT2D eigenvalue weighted by Crippen LogP contribution is 2.35. The van der Waals surface area contributed by atoms with E-state index in [1.807, 2.05) is 0 Å². The molecule has 2 aromatic rings. The lowest BCUT2D eigenvalue weighted by atomic mass is 10.00. The van der Waals surface area contributed by atoms with Gasteiger partial charge in [0.2, 0.25) is 5.91 Å². The summed E-state index contributed by atoms with van der Waals surface area (Å²) in [6.45, 7) is 2.62. The number of carbonyl (C=O) groups is 1. The number of nitrogens with two attached hydrogens (primary N) is 1. The number of amides is 1. The van der Waals surface area contributed by atoms with Crippen molar-refractivity contribution in [2.45, 2.75) is 32.5 Å². The molecule has 0 aliphatic heterocycles. The molecule has 0 aliphatic carbocycles. The minimum Gasteiger partial charge on any atom is -0.368 e. The SMILES string of the molecule is CC(C)c1nn(CC(N)=O)c(=O)c2ccc(C(F)(F)F)c(F)c12. The Bertz CT molecular complexity index is 841. The smallest absolute Gasteiger partial charge is 0.368 e. The molecule has 0 bridgehead atoms. The van der Waals surface area contributed by atoms with E-state index in [1.165, 1.54) is 0 Å².